The minimum Gasteiger partial charge on any atom is -0.478 e. The molecule has 0 amide bonds. The number of alkyl halides is 2. The summed E-state index contributed by atoms with van der Waals surface area (Å²) in [6.07, 6.45) is 1.45. The Bertz CT molecular complexity index is 2190. The first-order valence-electron chi connectivity index (χ1n) is 16.2. The van der Waals surface area contributed by atoms with Crippen molar-refractivity contribution in [3.63, 3.8) is 0 Å². The average molecular weight is 691 g/mol. The van der Waals surface area contributed by atoms with Crippen molar-refractivity contribution in [2.24, 2.45) is 5.92 Å². The molecule has 0 aliphatic carbocycles. The molecule has 0 aliphatic rings. The van der Waals surface area contributed by atoms with Crippen molar-refractivity contribution in [3.05, 3.63) is 171 Å². The minimum absolute atomic E-state index is 0.142. The number of aromatic carboxylic acids is 1. The molecule has 0 radical (unpaired) electrons. The van der Waals surface area contributed by atoms with Gasteiger partial charge in [-0.25, -0.2) is 14.0 Å². The maximum atomic E-state index is 15.5. The number of aromatic amines is 1. The summed E-state index contributed by atoms with van der Waals surface area (Å²) in [6.45, 7) is 1.97. The summed E-state index contributed by atoms with van der Waals surface area (Å²) in [4.78, 5) is 25.2. The van der Waals surface area contributed by atoms with Crippen LogP contribution in [0.2, 0.25) is 0 Å². The molecule has 0 aliphatic heterocycles. The molecule has 51 heavy (non-hydrogen) atoms. The molecular formula is C41H33F3N2O5. The van der Waals surface area contributed by atoms with Gasteiger partial charge in [-0.3, -0.25) is 9.51 Å². The lowest BCUT2D eigenvalue weighted by Crippen LogP contribution is -2.22. The molecule has 1 aromatic heterocycles. The van der Waals surface area contributed by atoms with Crippen molar-refractivity contribution in [3.8, 4) is 28.3 Å². The summed E-state index contributed by atoms with van der Waals surface area (Å²) in [5.41, 5.74) is 5.27. The molecule has 0 fully saturated rings. The third-order valence-corrected chi connectivity index (χ3v) is 8.53. The number of rotatable bonds is 13. The van der Waals surface area contributed by atoms with Gasteiger partial charge in [0.2, 0.25) is 0 Å². The molecule has 1 unspecified atom stereocenters. The molecule has 7 nitrogen and oxygen atoms in total. The first kappa shape index (κ1) is 34.7. The summed E-state index contributed by atoms with van der Waals surface area (Å²) in [7, 11) is 0. The third-order valence-electron chi connectivity index (χ3n) is 8.53. The Morgan fingerprint density at radius 2 is 1.51 bits per heavy atom. The topological polar surface area (TPSA) is 105 Å². The molecule has 2 N–H and O–H groups in total. The van der Waals surface area contributed by atoms with Crippen molar-refractivity contribution in [1.29, 1.82) is 0 Å². The van der Waals surface area contributed by atoms with E-state index < -0.39 is 23.7 Å². The van der Waals surface area contributed by atoms with Crippen LogP contribution in [-0.4, -0.2) is 21.2 Å². The predicted octanol–water partition coefficient (Wildman–Crippen LogP) is 9.48. The monoisotopic (exact) mass is 690 g/mol. The van der Waals surface area contributed by atoms with Gasteiger partial charge in [-0.2, -0.15) is 8.78 Å². The number of benzene rings is 5. The fourth-order valence-electron chi connectivity index (χ4n) is 5.67. The summed E-state index contributed by atoms with van der Waals surface area (Å²) in [5.74, 6) is -2.32. The van der Waals surface area contributed by atoms with Crippen molar-refractivity contribution >= 4 is 12.0 Å². The van der Waals surface area contributed by atoms with Gasteiger partial charge in [0.1, 0.15) is 11.6 Å². The van der Waals surface area contributed by atoms with Gasteiger partial charge in [0.25, 0.3) is 0 Å². The lowest BCUT2D eigenvalue weighted by Gasteiger charge is -2.20. The lowest BCUT2D eigenvalue weighted by atomic mass is 9.91. The fourth-order valence-corrected chi connectivity index (χ4v) is 5.67. The van der Waals surface area contributed by atoms with Crippen molar-refractivity contribution < 1.29 is 32.3 Å². The number of nitrogens with zero attached hydrogens (tertiary/aromatic N) is 1. The Labute approximate surface area is 291 Å². The predicted molar refractivity (Wildman–Crippen MR) is 188 cm³/mol. The molecule has 1 atom stereocenters. The second-order valence-electron chi connectivity index (χ2n) is 12.2. The highest BCUT2D eigenvalue weighted by molar-refractivity contribution is 5.87. The highest BCUT2D eigenvalue weighted by Crippen LogP contribution is 2.35. The van der Waals surface area contributed by atoms with Gasteiger partial charge in [0.05, 0.1) is 11.1 Å². The number of carboxylic acids is 1. The van der Waals surface area contributed by atoms with E-state index in [1.165, 1.54) is 30.3 Å². The van der Waals surface area contributed by atoms with E-state index >= 15 is 8.78 Å². The third kappa shape index (κ3) is 8.90. The average Bonchev–Trinajstić information content (AvgIpc) is 3.57. The number of aryl methyl sites for hydroxylation is 2. The second kappa shape index (κ2) is 15.2. The number of carboxylic acid groups (broad SMARTS) is 1. The molecule has 258 valence electrons. The van der Waals surface area contributed by atoms with Crippen LogP contribution in [0, 0.1) is 18.7 Å². The summed E-state index contributed by atoms with van der Waals surface area (Å²) < 4.78 is 55.4. The smallest absolute Gasteiger partial charge is 0.439 e. The van der Waals surface area contributed by atoms with Gasteiger partial charge >= 0.3 is 17.8 Å². The summed E-state index contributed by atoms with van der Waals surface area (Å²) >= 11 is 0. The van der Waals surface area contributed by atoms with Crippen LogP contribution < -0.4 is 10.5 Å². The van der Waals surface area contributed by atoms with Crippen LogP contribution in [0.3, 0.4) is 0 Å². The van der Waals surface area contributed by atoms with E-state index in [1.807, 2.05) is 61.5 Å². The number of H-pyrrole nitrogens is 1. The molecule has 5 aromatic carbocycles. The first-order valence-corrected chi connectivity index (χ1v) is 16.2. The van der Waals surface area contributed by atoms with E-state index in [0.29, 0.717) is 30.7 Å². The van der Waals surface area contributed by atoms with Crippen LogP contribution in [0.5, 0.6) is 5.75 Å². The van der Waals surface area contributed by atoms with E-state index in [0.717, 1.165) is 39.9 Å². The van der Waals surface area contributed by atoms with Crippen LogP contribution >= 0.6 is 0 Å². The van der Waals surface area contributed by atoms with E-state index in [2.05, 4.69) is 14.7 Å². The van der Waals surface area contributed by atoms with Crippen LogP contribution in [0.15, 0.2) is 131 Å². The number of carbonyl (C=O) groups is 1. The van der Waals surface area contributed by atoms with Gasteiger partial charge in [-0.1, -0.05) is 95.7 Å². The number of hydrogen-bond donors (Lipinski definition) is 2. The van der Waals surface area contributed by atoms with Gasteiger partial charge in [-0.15, -0.1) is 0 Å². The largest absolute Gasteiger partial charge is 0.478 e. The SMILES string of the molecule is Cc1ccc(-c2ccc(C(F)(F)Oc3ccc(F)cc3/C=C\C(CCc3ccc(-c4noc(=O)[nH]4)cc3)Cc3ccc(C(=O)O)cc3)cc2)cc1. The van der Waals surface area contributed by atoms with Crippen molar-refractivity contribution in [1.82, 2.24) is 10.1 Å². The first-order chi connectivity index (χ1) is 24.5. The van der Waals surface area contributed by atoms with E-state index in [9.17, 15) is 19.1 Å². The Hall–Kier alpha value is -6.16. The fraction of sp³-hybridized carbons (Fsp3) is 0.146. The van der Waals surface area contributed by atoms with E-state index in [-0.39, 0.29) is 28.4 Å². The molecule has 0 spiro atoms. The Morgan fingerprint density at radius 1 is 0.882 bits per heavy atom. The van der Waals surface area contributed by atoms with Crippen molar-refractivity contribution in [2.45, 2.75) is 32.3 Å². The summed E-state index contributed by atoms with van der Waals surface area (Å²) in [5, 5.41) is 13.0. The maximum Gasteiger partial charge on any atom is 0.439 e. The molecular weight excluding hydrogens is 657 g/mol. The van der Waals surface area contributed by atoms with Gasteiger partial charge in [-0.05, 0) is 96.8 Å². The van der Waals surface area contributed by atoms with E-state index in [4.69, 9.17) is 4.74 Å². The number of hydrogen-bond acceptors (Lipinski definition) is 5. The number of ether oxygens (including phenoxy) is 1. The standard InChI is InChI=1S/C41H33F3N2O5/c1-26-2-11-30(12-3-26)31-18-20-35(21-19-31)41(43,44)50-37-23-22-36(42)25-34(37)17-10-28(24-29-8-15-33(16-9-29)39(47)48)5-4-27-6-13-32(14-7-27)38-45-40(49)51-46-38/h2-3,6-23,25,28H,4-5,24H2,1H3,(H,47,48)(H,45,46,49)/b17-10-. The highest BCUT2D eigenvalue weighted by Gasteiger charge is 2.35. The normalized spacial score (nSPS) is 12.2. The van der Waals surface area contributed by atoms with Gasteiger partial charge in [0.15, 0.2) is 5.82 Å². The molecule has 0 saturated heterocycles. The zero-order valence-corrected chi connectivity index (χ0v) is 27.5. The van der Waals surface area contributed by atoms with Gasteiger partial charge < -0.3 is 9.84 Å². The number of nitrogens with one attached hydrogen (secondary N) is 1. The summed E-state index contributed by atoms with van der Waals surface area (Å²) in [6, 6.07) is 31.0. The van der Waals surface area contributed by atoms with Gasteiger partial charge in [0, 0.05) is 11.1 Å². The maximum absolute atomic E-state index is 15.5. The Kier molecular flexibility index (Phi) is 10.3. The van der Waals surface area contributed by atoms with Crippen LogP contribution in [0.25, 0.3) is 28.6 Å². The Balaban J connectivity index is 1.21. The molecule has 10 heteroatoms. The van der Waals surface area contributed by atoms with Crippen LogP contribution in [-0.2, 0) is 19.0 Å². The van der Waals surface area contributed by atoms with E-state index in [1.54, 1.807) is 30.3 Å². The molecule has 1 heterocycles. The molecule has 6 rings (SSSR count). The second-order valence-corrected chi connectivity index (χ2v) is 12.2. The van der Waals surface area contributed by atoms with Crippen LogP contribution in [0.4, 0.5) is 13.2 Å². The van der Waals surface area contributed by atoms with Crippen molar-refractivity contribution in [2.75, 3.05) is 0 Å². The minimum atomic E-state index is -3.71. The molecule has 0 bridgehead atoms. The number of aromatic nitrogens is 2. The Morgan fingerprint density at radius 3 is 2.14 bits per heavy atom. The van der Waals surface area contributed by atoms with Crippen LogP contribution in [0.1, 0.15) is 44.6 Å². The zero-order chi connectivity index (χ0) is 36.0. The highest BCUT2D eigenvalue weighted by atomic mass is 19.3. The number of allylic oxidation sites excluding steroid dienone is 1. The molecule has 6 aromatic rings. The quantitative estimate of drug-likeness (QED) is 0.125. The lowest BCUT2D eigenvalue weighted by molar-refractivity contribution is -0.185. The molecule has 0 saturated carbocycles. The zero-order valence-electron chi connectivity index (χ0n) is 27.5. The number of halogens is 3.